The Morgan fingerprint density at radius 2 is 2.07 bits per heavy atom. The smallest absolute Gasteiger partial charge is 0.422 e. The molecule has 4 rings (SSSR count). The van der Waals surface area contributed by atoms with Gasteiger partial charge in [0.1, 0.15) is 5.82 Å². The quantitative estimate of drug-likeness (QED) is 0.734. The lowest BCUT2D eigenvalue weighted by Gasteiger charge is -2.23. The number of pyridine rings is 1. The number of rotatable bonds is 4. The van der Waals surface area contributed by atoms with Gasteiger partial charge in [-0.2, -0.15) is 13.2 Å². The van der Waals surface area contributed by atoms with Crippen molar-refractivity contribution in [2.75, 3.05) is 13.2 Å². The first kappa shape index (κ1) is 18.3. The predicted molar refractivity (Wildman–Crippen MR) is 94.9 cm³/mol. The van der Waals surface area contributed by atoms with Gasteiger partial charge in [0.2, 0.25) is 5.88 Å². The molecule has 2 aromatic heterocycles. The van der Waals surface area contributed by atoms with E-state index in [1.807, 2.05) is 24.3 Å². The molecule has 0 saturated carbocycles. The van der Waals surface area contributed by atoms with E-state index in [2.05, 4.69) is 19.7 Å². The number of carbonyl (C=O) groups excluding carboxylic acids is 1. The summed E-state index contributed by atoms with van der Waals surface area (Å²) in [7, 11) is 0. The molecule has 28 heavy (non-hydrogen) atoms. The number of imidazole rings is 1. The molecule has 1 fully saturated rings. The number of likely N-dealkylation sites (tertiary alicyclic amines) is 1. The Morgan fingerprint density at radius 3 is 2.79 bits per heavy atom. The lowest BCUT2D eigenvalue weighted by Crippen LogP contribution is -2.31. The van der Waals surface area contributed by atoms with Crippen LogP contribution in [-0.2, 0) is 0 Å². The Labute approximate surface area is 158 Å². The number of benzene rings is 1. The molecule has 1 unspecified atom stereocenters. The predicted octanol–water partition coefficient (Wildman–Crippen LogP) is 3.88. The van der Waals surface area contributed by atoms with E-state index in [0.717, 1.165) is 29.7 Å². The van der Waals surface area contributed by atoms with Gasteiger partial charge in [-0.3, -0.25) is 4.79 Å². The number of nitrogens with zero attached hydrogens (tertiary/aromatic N) is 3. The molecule has 6 nitrogen and oxygen atoms in total. The van der Waals surface area contributed by atoms with Gasteiger partial charge in [-0.1, -0.05) is 12.1 Å². The summed E-state index contributed by atoms with van der Waals surface area (Å²) < 4.78 is 41.2. The summed E-state index contributed by atoms with van der Waals surface area (Å²) in [6.45, 7) is -0.847. The lowest BCUT2D eigenvalue weighted by atomic mass is 10.2. The first-order valence-electron chi connectivity index (χ1n) is 8.82. The minimum Gasteiger partial charge on any atom is -0.468 e. The zero-order chi connectivity index (χ0) is 19.7. The Balaban J connectivity index is 1.50. The molecule has 0 spiro atoms. The van der Waals surface area contributed by atoms with Crippen molar-refractivity contribution in [2.24, 2.45) is 0 Å². The van der Waals surface area contributed by atoms with Crippen LogP contribution >= 0.6 is 0 Å². The summed E-state index contributed by atoms with van der Waals surface area (Å²) in [5.41, 5.74) is 2.04. The van der Waals surface area contributed by atoms with E-state index in [1.54, 1.807) is 4.90 Å². The van der Waals surface area contributed by atoms with Gasteiger partial charge >= 0.3 is 6.18 Å². The average Bonchev–Trinajstić information content (AvgIpc) is 3.32. The van der Waals surface area contributed by atoms with Gasteiger partial charge in [-0.15, -0.1) is 0 Å². The van der Waals surface area contributed by atoms with Crippen LogP contribution in [0.4, 0.5) is 13.2 Å². The van der Waals surface area contributed by atoms with Crippen LogP contribution in [0.1, 0.15) is 35.1 Å². The molecule has 9 heteroatoms. The van der Waals surface area contributed by atoms with Crippen molar-refractivity contribution in [3.8, 4) is 5.88 Å². The van der Waals surface area contributed by atoms with Crippen LogP contribution in [-0.4, -0.2) is 45.1 Å². The van der Waals surface area contributed by atoms with Crippen LogP contribution in [0.3, 0.4) is 0 Å². The monoisotopic (exact) mass is 390 g/mol. The van der Waals surface area contributed by atoms with Crippen LogP contribution in [0, 0.1) is 0 Å². The van der Waals surface area contributed by atoms with E-state index < -0.39 is 12.8 Å². The second-order valence-electron chi connectivity index (χ2n) is 6.58. The van der Waals surface area contributed by atoms with E-state index in [1.165, 1.54) is 18.3 Å². The number of alkyl halides is 3. The average molecular weight is 390 g/mol. The molecule has 0 aliphatic carbocycles. The Morgan fingerprint density at radius 1 is 1.25 bits per heavy atom. The molecule has 1 aliphatic rings. The standard InChI is InChI=1S/C19H17F3N4O2/c20-19(21,22)11-28-16-8-7-12(10-23-16)18(27)26-9-3-6-15(26)17-24-13-4-1-2-5-14(13)25-17/h1-2,4-5,7-8,10,15H,3,6,9,11H2,(H,24,25). The van der Waals surface area contributed by atoms with Crippen molar-refractivity contribution in [1.82, 2.24) is 19.9 Å². The molecule has 146 valence electrons. The van der Waals surface area contributed by atoms with Gasteiger partial charge in [0.05, 0.1) is 22.6 Å². The van der Waals surface area contributed by atoms with Gasteiger partial charge in [-0.25, -0.2) is 9.97 Å². The second-order valence-corrected chi connectivity index (χ2v) is 6.58. The number of amides is 1. The molecule has 0 radical (unpaired) electrons. The van der Waals surface area contributed by atoms with Crippen molar-refractivity contribution in [1.29, 1.82) is 0 Å². The second kappa shape index (κ2) is 7.14. The van der Waals surface area contributed by atoms with Crippen molar-refractivity contribution in [2.45, 2.75) is 25.1 Å². The molecule has 1 amide bonds. The third kappa shape index (κ3) is 3.78. The molecule has 1 saturated heterocycles. The van der Waals surface area contributed by atoms with Gasteiger partial charge < -0.3 is 14.6 Å². The minimum absolute atomic E-state index is 0.177. The zero-order valence-corrected chi connectivity index (χ0v) is 14.7. The number of H-pyrrole nitrogens is 1. The molecule has 1 aliphatic heterocycles. The molecule has 1 atom stereocenters. The summed E-state index contributed by atoms with van der Waals surface area (Å²) in [5, 5.41) is 0. The number of para-hydroxylation sites is 2. The molecule has 3 aromatic rings. The Bertz CT molecular complexity index is 952. The highest BCUT2D eigenvalue weighted by Crippen LogP contribution is 2.32. The maximum absolute atomic E-state index is 12.9. The lowest BCUT2D eigenvalue weighted by molar-refractivity contribution is -0.154. The highest BCUT2D eigenvalue weighted by atomic mass is 19.4. The van der Waals surface area contributed by atoms with Crippen molar-refractivity contribution in [3.63, 3.8) is 0 Å². The van der Waals surface area contributed by atoms with E-state index >= 15 is 0 Å². The van der Waals surface area contributed by atoms with Gasteiger partial charge in [0.25, 0.3) is 5.91 Å². The van der Waals surface area contributed by atoms with Crippen LogP contribution in [0.2, 0.25) is 0 Å². The van der Waals surface area contributed by atoms with Crippen LogP contribution in [0.15, 0.2) is 42.6 Å². The molecule has 0 bridgehead atoms. The maximum atomic E-state index is 12.9. The number of hydrogen-bond acceptors (Lipinski definition) is 4. The van der Waals surface area contributed by atoms with E-state index in [-0.39, 0.29) is 17.8 Å². The first-order chi connectivity index (χ1) is 13.4. The molecule has 1 aromatic carbocycles. The van der Waals surface area contributed by atoms with Crippen molar-refractivity contribution in [3.05, 3.63) is 54.0 Å². The summed E-state index contributed by atoms with van der Waals surface area (Å²) in [4.78, 5) is 26.3. The van der Waals surface area contributed by atoms with Crippen molar-refractivity contribution < 1.29 is 22.7 Å². The fraction of sp³-hybridized carbons (Fsp3) is 0.316. The number of fused-ring (bicyclic) bond motifs is 1. The number of carbonyl (C=O) groups is 1. The number of aromatic amines is 1. The highest BCUT2D eigenvalue weighted by molar-refractivity contribution is 5.94. The van der Waals surface area contributed by atoms with Crippen LogP contribution in [0.25, 0.3) is 11.0 Å². The Kier molecular flexibility index (Phi) is 4.66. The SMILES string of the molecule is O=C(c1ccc(OCC(F)(F)F)nc1)N1CCCC1c1nc2ccccc2[nH]1. The van der Waals surface area contributed by atoms with E-state index in [4.69, 9.17) is 0 Å². The molecule has 1 N–H and O–H groups in total. The fourth-order valence-corrected chi connectivity index (χ4v) is 3.34. The largest absolute Gasteiger partial charge is 0.468 e. The first-order valence-corrected chi connectivity index (χ1v) is 8.82. The van der Waals surface area contributed by atoms with Gasteiger partial charge in [0.15, 0.2) is 6.61 Å². The van der Waals surface area contributed by atoms with E-state index in [0.29, 0.717) is 12.1 Å². The highest BCUT2D eigenvalue weighted by Gasteiger charge is 2.33. The van der Waals surface area contributed by atoms with E-state index in [9.17, 15) is 18.0 Å². The van der Waals surface area contributed by atoms with Crippen LogP contribution in [0.5, 0.6) is 5.88 Å². The third-order valence-corrected chi connectivity index (χ3v) is 4.60. The molecular weight excluding hydrogens is 373 g/mol. The number of nitrogens with one attached hydrogen (secondary N) is 1. The normalized spacial score (nSPS) is 17.2. The number of hydrogen-bond donors (Lipinski definition) is 1. The number of aromatic nitrogens is 3. The number of ether oxygens (including phenoxy) is 1. The Hall–Kier alpha value is -3.10. The fourth-order valence-electron chi connectivity index (χ4n) is 3.34. The third-order valence-electron chi connectivity index (χ3n) is 4.60. The van der Waals surface area contributed by atoms with Crippen LogP contribution < -0.4 is 4.74 Å². The summed E-state index contributed by atoms with van der Waals surface area (Å²) in [6, 6.07) is 10.2. The summed E-state index contributed by atoms with van der Waals surface area (Å²) >= 11 is 0. The molecular formula is C19H17F3N4O2. The minimum atomic E-state index is -4.44. The number of halogens is 3. The van der Waals surface area contributed by atoms with Gasteiger partial charge in [-0.05, 0) is 31.0 Å². The summed E-state index contributed by atoms with van der Waals surface area (Å²) in [5.74, 6) is 0.312. The maximum Gasteiger partial charge on any atom is 0.422 e. The topological polar surface area (TPSA) is 71.1 Å². The van der Waals surface area contributed by atoms with Gasteiger partial charge in [0, 0.05) is 18.8 Å². The zero-order valence-electron chi connectivity index (χ0n) is 14.7. The summed E-state index contributed by atoms with van der Waals surface area (Å²) in [6.07, 6.45) is -1.58. The van der Waals surface area contributed by atoms with Crippen molar-refractivity contribution >= 4 is 16.9 Å². The molecule has 3 heterocycles.